The molecule has 4 heteroatoms. The van der Waals surface area contributed by atoms with Gasteiger partial charge in [0, 0.05) is 16.7 Å². The summed E-state index contributed by atoms with van der Waals surface area (Å²) < 4.78 is 27.5. The molecule has 0 nitrogen and oxygen atoms in total. The minimum absolute atomic E-state index is 0.135. The molecule has 1 radical (unpaired) electrons. The van der Waals surface area contributed by atoms with Crippen LogP contribution in [0.4, 0.5) is 8.78 Å². The van der Waals surface area contributed by atoms with Crippen LogP contribution in [0, 0.1) is 24.6 Å². The molecule has 0 aliphatic rings. The SMILES string of the molecule is Cc1cc(F)c(-c2cc(Cl)c[c]c2Cl)c(F)c1. The first kappa shape index (κ1) is 12.3. The zero-order chi connectivity index (χ0) is 12.6. The third kappa shape index (κ3) is 2.43. The summed E-state index contributed by atoms with van der Waals surface area (Å²) in [4.78, 5) is 0. The van der Waals surface area contributed by atoms with E-state index in [0.29, 0.717) is 10.6 Å². The molecule has 2 aromatic carbocycles. The number of hydrogen-bond acceptors (Lipinski definition) is 0. The van der Waals surface area contributed by atoms with Crippen LogP contribution in [0.1, 0.15) is 5.56 Å². The summed E-state index contributed by atoms with van der Waals surface area (Å²) >= 11 is 11.6. The third-order valence-electron chi connectivity index (χ3n) is 2.31. The average Bonchev–Trinajstić information content (AvgIpc) is 2.21. The molecule has 0 saturated heterocycles. The average molecular weight is 272 g/mol. The summed E-state index contributed by atoms with van der Waals surface area (Å²) in [6.07, 6.45) is 0. The van der Waals surface area contributed by atoms with Gasteiger partial charge in [-0.15, -0.1) is 0 Å². The summed E-state index contributed by atoms with van der Waals surface area (Å²) in [5.41, 5.74) is 0.527. The van der Waals surface area contributed by atoms with Crippen molar-refractivity contribution < 1.29 is 8.78 Å². The lowest BCUT2D eigenvalue weighted by Crippen LogP contribution is -1.92. The number of aryl methyl sites for hydroxylation is 1. The second kappa shape index (κ2) is 4.63. The highest BCUT2D eigenvalue weighted by Crippen LogP contribution is 2.34. The van der Waals surface area contributed by atoms with Gasteiger partial charge in [0.1, 0.15) is 11.6 Å². The van der Waals surface area contributed by atoms with Gasteiger partial charge in [-0.05, 0) is 36.8 Å². The van der Waals surface area contributed by atoms with Crippen molar-refractivity contribution in [1.29, 1.82) is 0 Å². The molecule has 2 rings (SSSR count). The molecule has 0 unspecified atom stereocenters. The molecule has 87 valence electrons. The zero-order valence-electron chi connectivity index (χ0n) is 8.82. The molecular formula is C13H7Cl2F2. The predicted molar refractivity (Wildman–Crippen MR) is 65.4 cm³/mol. The maximum absolute atomic E-state index is 13.8. The standard InChI is InChI=1S/C13H7Cl2F2/c1-7-4-11(16)13(12(17)5-7)9-6-8(14)2-3-10(9)15/h2,4-6H,1H3. The highest BCUT2D eigenvalue weighted by Gasteiger charge is 2.15. The van der Waals surface area contributed by atoms with E-state index in [-0.39, 0.29) is 16.1 Å². The molecule has 0 bridgehead atoms. The van der Waals surface area contributed by atoms with Crippen molar-refractivity contribution in [3.8, 4) is 11.1 Å². The molecule has 0 N–H and O–H groups in total. The van der Waals surface area contributed by atoms with E-state index in [9.17, 15) is 8.78 Å². The molecule has 0 spiro atoms. The van der Waals surface area contributed by atoms with E-state index in [1.54, 1.807) is 6.92 Å². The van der Waals surface area contributed by atoms with Crippen LogP contribution in [0.3, 0.4) is 0 Å². The van der Waals surface area contributed by atoms with E-state index in [1.165, 1.54) is 24.3 Å². The second-order valence-electron chi connectivity index (χ2n) is 3.65. The Kier molecular flexibility index (Phi) is 3.36. The van der Waals surface area contributed by atoms with E-state index >= 15 is 0 Å². The van der Waals surface area contributed by atoms with E-state index < -0.39 is 11.6 Å². The van der Waals surface area contributed by atoms with Gasteiger partial charge in [0.15, 0.2) is 0 Å². The summed E-state index contributed by atoms with van der Waals surface area (Å²) in [5, 5.41) is 0.458. The monoisotopic (exact) mass is 271 g/mol. The fourth-order valence-corrected chi connectivity index (χ4v) is 1.96. The third-order valence-corrected chi connectivity index (χ3v) is 2.84. The van der Waals surface area contributed by atoms with Crippen molar-refractivity contribution in [3.05, 3.63) is 57.6 Å². The lowest BCUT2D eigenvalue weighted by atomic mass is 10.0. The van der Waals surface area contributed by atoms with Gasteiger partial charge in [-0.25, -0.2) is 8.78 Å². The van der Waals surface area contributed by atoms with Crippen molar-refractivity contribution in [2.45, 2.75) is 6.92 Å². The van der Waals surface area contributed by atoms with E-state index in [0.717, 1.165) is 0 Å². The number of halogens is 4. The molecule has 17 heavy (non-hydrogen) atoms. The molecule has 0 amide bonds. The van der Waals surface area contributed by atoms with Crippen molar-refractivity contribution >= 4 is 23.2 Å². The number of hydrogen-bond donors (Lipinski definition) is 0. The molecule has 0 aliphatic heterocycles. The Morgan fingerprint density at radius 3 is 2.24 bits per heavy atom. The largest absolute Gasteiger partial charge is 0.206 e. The number of rotatable bonds is 1. The first-order valence-electron chi connectivity index (χ1n) is 4.82. The van der Waals surface area contributed by atoms with Crippen LogP contribution in [-0.4, -0.2) is 0 Å². The Morgan fingerprint density at radius 1 is 1.06 bits per heavy atom. The first-order chi connectivity index (χ1) is 7.99. The van der Waals surface area contributed by atoms with Gasteiger partial charge in [0.25, 0.3) is 0 Å². The molecule has 0 saturated carbocycles. The topological polar surface area (TPSA) is 0 Å². The zero-order valence-corrected chi connectivity index (χ0v) is 10.3. The molecule has 2 aromatic rings. The Labute approximate surface area is 108 Å². The van der Waals surface area contributed by atoms with E-state index in [2.05, 4.69) is 6.07 Å². The first-order valence-corrected chi connectivity index (χ1v) is 5.57. The summed E-state index contributed by atoms with van der Waals surface area (Å²) in [6, 6.07) is 7.98. The second-order valence-corrected chi connectivity index (χ2v) is 4.46. The van der Waals surface area contributed by atoms with Crippen molar-refractivity contribution in [1.82, 2.24) is 0 Å². The Balaban J connectivity index is 2.72. The molecule has 0 fully saturated rings. The number of benzene rings is 2. The van der Waals surface area contributed by atoms with Crippen LogP contribution >= 0.6 is 23.2 Å². The maximum Gasteiger partial charge on any atom is 0.134 e. The molecule has 0 aromatic heterocycles. The highest BCUT2D eigenvalue weighted by molar-refractivity contribution is 6.35. The van der Waals surface area contributed by atoms with Gasteiger partial charge >= 0.3 is 0 Å². The van der Waals surface area contributed by atoms with Gasteiger partial charge in [-0.2, -0.15) is 0 Å². The van der Waals surface area contributed by atoms with Crippen LogP contribution < -0.4 is 0 Å². The van der Waals surface area contributed by atoms with Crippen molar-refractivity contribution in [2.75, 3.05) is 0 Å². The molecule has 0 atom stereocenters. The minimum Gasteiger partial charge on any atom is -0.206 e. The van der Waals surface area contributed by atoms with Gasteiger partial charge < -0.3 is 0 Å². The van der Waals surface area contributed by atoms with E-state index in [4.69, 9.17) is 23.2 Å². The van der Waals surface area contributed by atoms with E-state index in [1.807, 2.05) is 0 Å². The van der Waals surface area contributed by atoms with Crippen LogP contribution in [-0.2, 0) is 0 Å². The Morgan fingerprint density at radius 2 is 1.65 bits per heavy atom. The van der Waals surface area contributed by atoms with Crippen LogP contribution in [0.25, 0.3) is 11.1 Å². The molecule has 0 heterocycles. The predicted octanol–water partition coefficient (Wildman–Crippen LogP) is 5.05. The Hall–Kier alpha value is -1.12. The van der Waals surface area contributed by atoms with Crippen LogP contribution in [0.15, 0.2) is 24.3 Å². The lowest BCUT2D eigenvalue weighted by molar-refractivity contribution is 0.588. The summed E-state index contributed by atoms with van der Waals surface area (Å²) in [7, 11) is 0. The summed E-state index contributed by atoms with van der Waals surface area (Å²) in [6.45, 7) is 1.61. The van der Waals surface area contributed by atoms with Gasteiger partial charge in [-0.3, -0.25) is 0 Å². The Bertz CT molecular complexity index is 557. The molecule has 0 aliphatic carbocycles. The van der Waals surface area contributed by atoms with Crippen molar-refractivity contribution in [3.63, 3.8) is 0 Å². The smallest absolute Gasteiger partial charge is 0.134 e. The quantitative estimate of drug-likeness (QED) is 0.681. The normalized spacial score (nSPS) is 10.6. The van der Waals surface area contributed by atoms with Crippen molar-refractivity contribution in [2.24, 2.45) is 0 Å². The van der Waals surface area contributed by atoms with Gasteiger partial charge in [-0.1, -0.05) is 23.2 Å². The van der Waals surface area contributed by atoms with Gasteiger partial charge in [0.05, 0.1) is 10.6 Å². The van der Waals surface area contributed by atoms with Crippen LogP contribution in [0.5, 0.6) is 0 Å². The fourth-order valence-electron chi connectivity index (χ4n) is 1.59. The lowest BCUT2D eigenvalue weighted by Gasteiger charge is -2.08. The van der Waals surface area contributed by atoms with Gasteiger partial charge in [0.2, 0.25) is 0 Å². The highest BCUT2D eigenvalue weighted by atomic mass is 35.5. The summed E-state index contributed by atoms with van der Waals surface area (Å²) in [5.74, 6) is -1.33. The maximum atomic E-state index is 13.8. The minimum atomic E-state index is -0.667. The van der Waals surface area contributed by atoms with Crippen LogP contribution in [0.2, 0.25) is 10.0 Å². The fraction of sp³-hybridized carbons (Fsp3) is 0.0769. The molecular weight excluding hydrogens is 265 g/mol.